The van der Waals surface area contributed by atoms with Crippen molar-refractivity contribution in [1.29, 1.82) is 0 Å². The lowest BCUT2D eigenvalue weighted by atomic mass is 10.0. The lowest BCUT2D eigenvalue weighted by molar-refractivity contribution is 0.0303. The second-order valence-corrected chi connectivity index (χ2v) is 11.9. The predicted molar refractivity (Wildman–Crippen MR) is 165 cm³/mol. The fourth-order valence-electron chi connectivity index (χ4n) is 6.50. The summed E-state index contributed by atoms with van der Waals surface area (Å²) in [5.74, 6) is 1.60. The Labute approximate surface area is 246 Å². The Morgan fingerprint density at radius 1 is 0.881 bits per heavy atom. The highest BCUT2D eigenvalue weighted by atomic mass is 16.5. The van der Waals surface area contributed by atoms with Gasteiger partial charge in [0.05, 0.1) is 29.8 Å². The van der Waals surface area contributed by atoms with Crippen molar-refractivity contribution in [1.82, 2.24) is 24.6 Å². The number of carbonyl (C=O) groups is 1. The van der Waals surface area contributed by atoms with E-state index in [9.17, 15) is 4.79 Å². The van der Waals surface area contributed by atoms with E-state index in [1.54, 1.807) is 0 Å². The molecule has 10 heteroatoms. The van der Waals surface area contributed by atoms with E-state index in [1.807, 2.05) is 60.8 Å². The van der Waals surface area contributed by atoms with E-state index in [1.165, 1.54) is 0 Å². The van der Waals surface area contributed by atoms with Crippen LogP contribution in [0.3, 0.4) is 0 Å². The van der Waals surface area contributed by atoms with Gasteiger partial charge >= 0.3 is 6.03 Å². The second kappa shape index (κ2) is 11.3. The van der Waals surface area contributed by atoms with Crippen LogP contribution in [0.25, 0.3) is 22.4 Å². The van der Waals surface area contributed by atoms with Gasteiger partial charge < -0.3 is 25.2 Å². The summed E-state index contributed by atoms with van der Waals surface area (Å²) in [4.78, 5) is 27.6. The number of para-hydroxylation sites is 1. The average Bonchev–Trinajstić information content (AvgIpc) is 3.59. The van der Waals surface area contributed by atoms with Crippen LogP contribution in [-0.2, 0) is 4.74 Å². The molecule has 2 unspecified atom stereocenters. The van der Waals surface area contributed by atoms with E-state index < -0.39 is 0 Å². The number of urea groups is 1. The number of piperidine rings is 1. The van der Waals surface area contributed by atoms with E-state index in [2.05, 4.69) is 39.0 Å². The number of carbonyl (C=O) groups excluding carboxylic acids is 1. The van der Waals surface area contributed by atoms with Gasteiger partial charge in [0.15, 0.2) is 11.5 Å². The van der Waals surface area contributed by atoms with Crippen LogP contribution in [0.15, 0.2) is 60.8 Å². The Morgan fingerprint density at radius 3 is 2.21 bits per heavy atom. The van der Waals surface area contributed by atoms with E-state index >= 15 is 0 Å². The number of hydrogen-bond acceptors (Lipinski definition) is 7. The monoisotopic (exact) mass is 566 g/mol. The number of rotatable bonds is 6. The quantitative estimate of drug-likeness (QED) is 0.316. The Hall–Kier alpha value is -4.02. The predicted octanol–water partition coefficient (Wildman–Crippen LogP) is 5.55. The molecule has 2 aromatic carbocycles. The highest BCUT2D eigenvalue weighted by Gasteiger charge is 2.36. The molecule has 3 aliphatic heterocycles. The minimum atomic E-state index is -0.289. The van der Waals surface area contributed by atoms with Gasteiger partial charge in [-0.05, 0) is 75.9 Å². The highest BCUT2D eigenvalue weighted by molar-refractivity contribution is 5.99. The Bertz CT molecular complexity index is 1530. The molecule has 0 saturated carbocycles. The van der Waals surface area contributed by atoms with Gasteiger partial charge in [-0.25, -0.2) is 19.4 Å². The summed E-state index contributed by atoms with van der Waals surface area (Å²) < 4.78 is 8.28. The fraction of sp³-hybridized carbons (Fsp3) is 0.438. The van der Waals surface area contributed by atoms with E-state index in [4.69, 9.17) is 19.8 Å². The molecule has 0 spiro atoms. The summed E-state index contributed by atoms with van der Waals surface area (Å²) in [5, 5.41) is 11.7. The number of ether oxygens (including phenoxy) is 1. The molecule has 2 N–H and O–H groups in total. The van der Waals surface area contributed by atoms with Crippen LogP contribution >= 0.6 is 0 Å². The normalized spacial score (nSPS) is 21.3. The third-order valence-electron chi connectivity index (χ3n) is 8.78. The van der Waals surface area contributed by atoms with Crippen molar-refractivity contribution in [2.24, 2.45) is 0 Å². The molecule has 42 heavy (non-hydrogen) atoms. The summed E-state index contributed by atoms with van der Waals surface area (Å²) in [5.41, 5.74) is 3.22. The van der Waals surface area contributed by atoms with Gasteiger partial charge in [-0.2, -0.15) is 5.10 Å². The number of amides is 2. The molecular weight excluding hydrogens is 528 g/mol. The Morgan fingerprint density at radius 2 is 1.55 bits per heavy atom. The van der Waals surface area contributed by atoms with Gasteiger partial charge in [-0.15, -0.1) is 0 Å². The fourth-order valence-corrected chi connectivity index (χ4v) is 6.50. The molecule has 3 fully saturated rings. The van der Waals surface area contributed by atoms with Crippen molar-refractivity contribution >= 4 is 34.3 Å². The first-order valence-corrected chi connectivity index (χ1v) is 15.1. The minimum Gasteiger partial charge on any atom is -0.371 e. The lowest BCUT2D eigenvalue weighted by Crippen LogP contribution is -2.43. The maximum absolute atomic E-state index is 12.5. The number of nitrogens with zero attached hydrogens (tertiary/aromatic N) is 6. The molecule has 4 aromatic rings. The summed E-state index contributed by atoms with van der Waals surface area (Å²) in [6.07, 6.45) is 6.76. The van der Waals surface area contributed by atoms with Crippen LogP contribution in [0.5, 0.6) is 0 Å². The van der Waals surface area contributed by atoms with Crippen molar-refractivity contribution < 1.29 is 9.53 Å². The van der Waals surface area contributed by atoms with Gasteiger partial charge in [-0.1, -0.05) is 18.2 Å². The van der Waals surface area contributed by atoms with Gasteiger partial charge in [0, 0.05) is 49.2 Å². The third-order valence-corrected chi connectivity index (χ3v) is 8.78. The zero-order chi connectivity index (χ0) is 28.6. The Balaban J connectivity index is 1.18. The zero-order valence-corrected chi connectivity index (χ0v) is 24.2. The maximum Gasteiger partial charge on any atom is 0.323 e. The molecule has 2 aromatic heterocycles. The molecule has 7 rings (SSSR count). The molecule has 5 heterocycles. The number of morpholine rings is 1. The molecule has 0 aliphatic carbocycles. The molecule has 0 radical (unpaired) electrons. The van der Waals surface area contributed by atoms with Gasteiger partial charge in [-0.3, -0.25) is 0 Å². The largest absolute Gasteiger partial charge is 0.371 e. The van der Waals surface area contributed by atoms with Crippen molar-refractivity contribution in [3.05, 3.63) is 60.8 Å². The number of nitrogens with one attached hydrogen (secondary N) is 2. The second-order valence-electron chi connectivity index (χ2n) is 11.9. The lowest BCUT2D eigenvalue weighted by Gasteiger charge is -2.35. The molecule has 2 amide bonds. The minimum absolute atomic E-state index is 0.250. The first-order chi connectivity index (χ1) is 20.5. The van der Waals surface area contributed by atoms with Gasteiger partial charge in [0.25, 0.3) is 0 Å². The topological polar surface area (TPSA) is 100 Å². The van der Waals surface area contributed by atoms with E-state index in [0.29, 0.717) is 23.6 Å². The number of hydrogen-bond donors (Lipinski definition) is 2. The first-order valence-electron chi connectivity index (χ1n) is 15.1. The van der Waals surface area contributed by atoms with Crippen molar-refractivity contribution in [3.63, 3.8) is 0 Å². The van der Waals surface area contributed by atoms with Crippen LogP contribution < -0.4 is 15.5 Å². The van der Waals surface area contributed by atoms with E-state index in [-0.39, 0.29) is 18.2 Å². The number of fused-ring (bicyclic) bond motifs is 3. The summed E-state index contributed by atoms with van der Waals surface area (Å²) in [6.45, 7) is 8.32. The van der Waals surface area contributed by atoms with Crippen LogP contribution in [0.4, 0.5) is 22.0 Å². The van der Waals surface area contributed by atoms with Crippen molar-refractivity contribution in [2.45, 2.75) is 63.8 Å². The third kappa shape index (κ3) is 5.44. The molecule has 3 aliphatic rings. The zero-order valence-electron chi connectivity index (χ0n) is 24.2. The smallest absolute Gasteiger partial charge is 0.323 e. The Kier molecular flexibility index (Phi) is 7.25. The van der Waals surface area contributed by atoms with Crippen LogP contribution in [-0.4, -0.2) is 75.1 Å². The number of anilines is 3. The van der Waals surface area contributed by atoms with Crippen LogP contribution in [0, 0.1) is 0 Å². The molecule has 218 valence electrons. The van der Waals surface area contributed by atoms with E-state index in [0.717, 1.165) is 80.0 Å². The van der Waals surface area contributed by atoms with Gasteiger partial charge in [0.2, 0.25) is 0 Å². The molecule has 2 bridgehead atoms. The summed E-state index contributed by atoms with van der Waals surface area (Å²) in [7, 11) is 0. The molecule has 2 atom stereocenters. The molecule has 10 nitrogen and oxygen atoms in total. The average molecular weight is 567 g/mol. The standard InChI is InChI=1S/C32H38N8O2/c1-21(2)38-16-14-25(15-17-38)40-31-28(18-33-40)30(39-19-26-12-13-27(20-39)42-26)36-29(37-31)22-8-10-24(11-9-22)35-32(41)34-23-6-4-3-5-7-23/h3-11,18,21,25-27H,12-17,19-20H2,1-2H3,(H2,34,35,41). The number of benzene rings is 2. The summed E-state index contributed by atoms with van der Waals surface area (Å²) >= 11 is 0. The molecule has 3 saturated heterocycles. The van der Waals surface area contributed by atoms with Crippen LogP contribution in [0.1, 0.15) is 45.6 Å². The molecular formula is C32H38N8O2. The summed E-state index contributed by atoms with van der Waals surface area (Å²) in [6, 6.07) is 17.7. The van der Waals surface area contributed by atoms with Gasteiger partial charge in [0.1, 0.15) is 5.82 Å². The van der Waals surface area contributed by atoms with Crippen LogP contribution in [0.2, 0.25) is 0 Å². The SMILES string of the molecule is CC(C)N1CCC(n2ncc3c(N4CC5CCC(C4)O5)nc(-c4ccc(NC(=O)Nc5ccccc5)cc4)nc32)CC1. The first kappa shape index (κ1) is 26.9. The highest BCUT2D eigenvalue weighted by Crippen LogP contribution is 2.35. The van der Waals surface area contributed by atoms with Crippen molar-refractivity contribution in [3.8, 4) is 11.4 Å². The number of likely N-dealkylation sites (tertiary alicyclic amines) is 1. The van der Waals surface area contributed by atoms with Crippen molar-refractivity contribution in [2.75, 3.05) is 41.7 Å². The maximum atomic E-state index is 12.5. The number of aromatic nitrogens is 4.